The van der Waals surface area contributed by atoms with Crippen molar-refractivity contribution in [2.45, 2.75) is 26.8 Å². The maximum absolute atomic E-state index is 10.1. The summed E-state index contributed by atoms with van der Waals surface area (Å²) in [7, 11) is 1.52. The molecule has 0 aliphatic carbocycles. The average molecular weight is 363 g/mol. The fourth-order valence-electron chi connectivity index (χ4n) is 2.21. The molecule has 7 heteroatoms. The fourth-order valence-corrected chi connectivity index (χ4v) is 2.43. The van der Waals surface area contributed by atoms with Crippen LogP contribution in [0.15, 0.2) is 47.9 Å². The van der Waals surface area contributed by atoms with Crippen molar-refractivity contribution in [2.24, 2.45) is 0 Å². The number of aromatic nitrogens is 2. The van der Waals surface area contributed by atoms with Crippen LogP contribution in [-0.2, 0) is 11.3 Å². The maximum Gasteiger partial charge on any atom is 0.180 e. The summed E-state index contributed by atoms with van der Waals surface area (Å²) in [4.78, 5) is 8.48. The number of aliphatic hydroxyl groups is 1. The highest BCUT2D eigenvalue weighted by molar-refractivity contribution is 6.32. The summed E-state index contributed by atoms with van der Waals surface area (Å²) < 4.78 is 5.11. The molecule has 3 rings (SSSR count). The Morgan fingerprint density at radius 3 is 2.52 bits per heavy atom. The zero-order valence-electron chi connectivity index (χ0n) is 14.6. The van der Waals surface area contributed by atoms with Crippen LogP contribution in [0.2, 0.25) is 5.02 Å². The van der Waals surface area contributed by atoms with Crippen molar-refractivity contribution in [3.05, 3.63) is 58.5 Å². The third kappa shape index (κ3) is 4.76. The molecule has 134 valence electrons. The maximum atomic E-state index is 10.1. The molecule has 0 saturated carbocycles. The Labute approximate surface area is 152 Å². The topological polar surface area (TPSA) is 79.3 Å². The van der Waals surface area contributed by atoms with E-state index < -0.39 is 0 Å². The largest absolute Gasteiger partial charge is 0.503 e. The molecule has 1 aliphatic rings. The van der Waals surface area contributed by atoms with Crippen molar-refractivity contribution < 1.29 is 9.84 Å². The number of nitrogens with zero attached hydrogens (tertiary/aromatic N) is 2. The van der Waals surface area contributed by atoms with E-state index in [1.54, 1.807) is 24.7 Å². The third-order valence-corrected chi connectivity index (χ3v) is 3.73. The molecule has 0 radical (unpaired) electrons. The molecule has 1 aromatic heterocycles. The van der Waals surface area contributed by atoms with E-state index in [0.717, 1.165) is 16.6 Å². The summed E-state index contributed by atoms with van der Waals surface area (Å²) >= 11 is 6.27. The predicted molar refractivity (Wildman–Crippen MR) is 100 cm³/mol. The summed E-state index contributed by atoms with van der Waals surface area (Å²) in [6.45, 7) is 5.15. The molecular weight excluding hydrogens is 340 g/mol. The third-order valence-electron chi connectivity index (χ3n) is 3.38. The lowest BCUT2D eigenvalue weighted by Gasteiger charge is -2.19. The first-order valence-electron chi connectivity index (χ1n) is 8.13. The Bertz CT molecular complexity index is 790. The molecule has 1 aromatic carbocycles. The Kier molecular flexibility index (Phi) is 6.89. The van der Waals surface area contributed by atoms with E-state index in [4.69, 9.17) is 16.3 Å². The molecule has 2 heterocycles. The van der Waals surface area contributed by atoms with Crippen LogP contribution in [0.5, 0.6) is 0 Å². The van der Waals surface area contributed by atoms with Gasteiger partial charge in [0.15, 0.2) is 11.5 Å². The molecule has 2 aromatic rings. The number of nitrogens with one attached hydrogen (secondary N) is 2. The SMILES string of the molecule is CCC.COC1=C(O)C(NCc2cc3nccnc3cc2Cl)=CNC1. The van der Waals surface area contributed by atoms with Gasteiger partial charge in [0.05, 0.1) is 30.4 Å². The smallest absolute Gasteiger partial charge is 0.180 e. The molecular formula is C18H23ClN4O2. The quantitative estimate of drug-likeness (QED) is 0.770. The van der Waals surface area contributed by atoms with E-state index in [-0.39, 0.29) is 5.76 Å². The van der Waals surface area contributed by atoms with Crippen molar-refractivity contribution >= 4 is 22.6 Å². The zero-order chi connectivity index (χ0) is 18.2. The van der Waals surface area contributed by atoms with E-state index in [1.807, 2.05) is 6.07 Å². The van der Waals surface area contributed by atoms with Crippen molar-refractivity contribution in [3.8, 4) is 0 Å². The molecule has 0 unspecified atom stereocenters. The van der Waals surface area contributed by atoms with E-state index >= 15 is 0 Å². The summed E-state index contributed by atoms with van der Waals surface area (Å²) in [6.07, 6.45) is 6.22. The van der Waals surface area contributed by atoms with Crippen molar-refractivity contribution in [2.75, 3.05) is 13.7 Å². The number of hydrogen-bond donors (Lipinski definition) is 3. The second-order valence-corrected chi connectivity index (χ2v) is 5.87. The van der Waals surface area contributed by atoms with Crippen LogP contribution in [-0.4, -0.2) is 28.7 Å². The number of methoxy groups -OCH3 is 1. The molecule has 0 bridgehead atoms. The Morgan fingerprint density at radius 1 is 1.24 bits per heavy atom. The van der Waals surface area contributed by atoms with E-state index in [9.17, 15) is 5.11 Å². The van der Waals surface area contributed by atoms with Crippen LogP contribution < -0.4 is 10.6 Å². The lowest BCUT2D eigenvalue weighted by molar-refractivity contribution is 0.244. The fraction of sp³-hybridized carbons (Fsp3) is 0.333. The zero-order valence-corrected chi connectivity index (χ0v) is 15.4. The number of aliphatic hydroxyl groups excluding tert-OH is 1. The minimum Gasteiger partial charge on any atom is -0.503 e. The minimum atomic E-state index is 0.0953. The molecule has 0 spiro atoms. The molecule has 0 amide bonds. The summed E-state index contributed by atoms with van der Waals surface area (Å²) in [5, 5.41) is 16.8. The highest BCUT2D eigenvalue weighted by Gasteiger charge is 2.16. The van der Waals surface area contributed by atoms with Gasteiger partial charge in [0.2, 0.25) is 0 Å². The van der Waals surface area contributed by atoms with Crippen LogP contribution in [0, 0.1) is 0 Å². The van der Waals surface area contributed by atoms with Crippen LogP contribution in [0.3, 0.4) is 0 Å². The molecule has 1 aliphatic heterocycles. The van der Waals surface area contributed by atoms with Gasteiger partial charge in [0, 0.05) is 30.2 Å². The molecule has 0 saturated heterocycles. The van der Waals surface area contributed by atoms with Gasteiger partial charge >= 0.3 is 0 Å². The van der Waals surface area contributed by atoms with Gasteiger partial charge in [0.25, 0.3) is 0 Å². The van der Waals surface area contributed by atoms with E-state index in [1.165, 1.54) is 13.5 Å². The van der Waals surface area contributed by atoms with Crippen LogP contribution in [0.25, 0.3) is 11.0 Å². The van der Waals surface area contributed by atoms with Crippen LogP contribution in [0.1, 0.15) is 25.8 Å². The number of rotatable bonds is 4. The van der Waals surface area contributed by atoms with Gasteiger partial charge in [-0.15, -0.1) is 0 Å². The number of dihydropyridines is 1. The highest BCUT2D eigenvalue weighted by Crippen LogP contribution is 2.22. The lowest BCUT2D eigenvalue weighted by Crippen LogP contribution is -2.26. The number of fused-ring (bicyclic) bond motifs is 1. The first kappa shape index (κ1) is 18.9. The van der Waals surface area contributed by atoms with Gasteiger partial charge in [-0.05, 0) is 17.7 Å². The van der Waals surface area contributed by atoms with Gasteiger partial charge in [0.1, 0.15) is 0 Å². The molecule has 0 atom stereocenters. The van der Waals surface area contributed by atoms with Crippen molar-refractivity contribution in [1.29, 1.82) is 0 Å². The van der Waals surface area contributed by atoms with Crippen molar-refractivity contribution in [3.63, 3.8) is 0 Å². The van der Waals surface area contributed by atoms with Crippen LogP contribution >= 0.6 is 11.6 Å². The molecule has 3 N–H and O–H groups in total. The molecule has 25 heavy (non-hydrogen) atoms. The van der Waals surface area contributed by atoms with E-state index in [2.05, 4.69) is 34.4 Å². The van der Waals surface area contributed by atoms with Gasteiger partial charge < -0.3 is 20.5 Å². The first-order chi connectivity index (χ1) is 12.1. The standard InChI is InChI=1S/C15H15ClN4O2.C3H8/c1-22-14-8-17-7-13(15(14)21)20-6-9-4-11-12(5-10(9)16)19-3-2-18-11;1-3-2/h2-5,7,17,20-21H,6,8H2,1H3;3H2,1-2H3. The number of hydrogen-bond acceptors (Lipinski definition) is 6. The summed E-state index contributed by atoms with van der Waals surface area (Å²) in [5.41, 5.74) is 2.95. The average Bonchev–Trinajstić information content (AvgIpc) is 2.61. The Balaban J connectivity index is 0.000000701. The Morgan fingerprint density at radius 2 is 1.88 bits per heavy atom. The van der Waals surface area contributed by atoms with Gasteiger partial charge in [-0.1, -0.05) is 31.9 Å². The summed E-state index contributed by atoms with van der Waals surface area (Å²) in [5.74, 6) is 0.582. The first-order valence-corrected chi connectivity index (χ1v) is 8.51. The second-order valence-electron chi connectivity index (χ2n) is 5.46. The molecule has 0 fully saturated rings. The Hall–Kier alpha value is -2.47. The lowest BCUT2D eigenvalue weighted by atomic mass is 10.1. The number of halogens is 1. The van der Waals surface area contributed by atoms with Crippen molar-refractivity contribution in [1.82, 2.24) is 20.6 Å². The molecule has 6 nitrogen and oxygen atoms in total. The highest BCUT2D eigenvalue weighted by atomic mass is 35.5. The van der Waals surface area contributed by atoms with Crippen LogP contribution in [0.4, 0.5) is 0 Å². The van der Waals surface area contributed by atoms with Gasteiger partial charge in [-0.25, -0.2) is 0 Å². The van der Waals surface area contributed by atoms with Gasteiger partial charge in [-0.3, -0.25) is 9.97 Å². The monoisotopic (exact) mass is 362 g/mol. The predicted octanol–water partition coefficient (Wildman–Crippen LogP) is 3.65. The normalized spacial score (nSPS) is 13.5. The number of ether oxygens (including phenoxy) is 1. The second kappa shape index (κ2) is 9.13. The number of benzene rings is 1. The summed E-state index contributed by atoms with van der Waals surface area (Å²) in [6, 6.07) is 3.66. The van der Waals surface area contributed by atoms with E-state index in [0.29, 0.717) is 29.6 Å². The minimum absolute atomic E-state index is 0.0953. The van der Waals surface area contributed by atoms with Gasteiger partial charge in [-0.2, -0.15) is 0 Å².